The maximum atomic E-state index is 6.11. The molecule has 0 spiro atoms. The average Bonchev–Trinajstić information content (AvgIpc) is 2.25. The Morgan fingerprint density at radius 3 is 2.69 bits per heavy atom. The molecule has 0 fully saturated rings. The zero-order chi connectivity index (χ0) is 12.0. The van der Waals surface area contributed by atoms with Crippen LogP contribution in [0.4, 0.5) is 0 Å². The first-order valence-corrected chi connectivity index (χ1v) is 6.45. The summed E-state index contributed by atoms with van der Waals surface area (Å²) in [5.41, 5.74) is 1.30. The molecule has 0 amide bonds. The quantitative estimate of drug-likeness (QED) is 0.669. The van der Waals surface area contributed by atoms with Crippen molar-refractivity contribution >= 4 is 11.6 Å². The van der Waals surface area contributed by atoms with Crippen LogP contribution in [0.3, 0.4) is 0 Å². The summed E-state index contributed by atoms with van der Waals surface area (Å²) in [6, 6.07) is 8.29. The van der Waals surface area contributed by atoms with Crippen LogP contribution in [0.2, 0.25) is 0 Å². The number of hydrogen-bond donors (Lipinski definition) is 0. The standard InChI is InChI=1S/C14H21ClO/c1-4-13(15)9-8-12-6-5-7-14(10-12)16-11(2)3/h5-7,10-11,13H,4,8-9H2,1-3H3. The van der Waals surface area contributed by atoms with Crippen molar-refractivity contribution in [1.29, 1.82) is 0 Å². The maximum absolute atomic E-state index is 6.11. The van der Waals surface area contributed by atoms with Gasteiger partial charge in [0.05, 0.1) is 6.10 Å². The third-order valence-corrected chi connectivity index (χ3v) is 2.99. The molecule has 0 bridgehead atoms. The van der Waals surface area contributed by atoms with Crippen molar-refractivity contribution in [2.24, 2.45) is 0 Å². The van der Waals surface area contributed by atoms with Crippen LogP contribution in [0.5, 0.6) is 5.75 Å². The van der Waals surface area contributed by atoms with E-state index < -0.39 is 0 Å². The first-order chi connectivity index (χ1) is 7.61. The normalized spacial score (nSPS) is 12.8. The number of rotatable bonds is 6. The Hall–Kier alpha value is -0.690. The van der Waals surface area contributed by atoms with Crippen LogP contribution >= 0.6 is 11.6 Å². The summed E-state index contributed by atoms with van der Waals surface area (Å²) < 4.78 is 5.65. The van der Waals surface area contributed by atoms with Gasteiger partial charge in [-0.25, -0.2) is 0 Å². The molecule has 0 saturated heterocycles. The van der Waals surface area contributed by atoms with E-state index in [9.17, 15) is 0 Å². The maximum Gasteiger partial charge on any atom is 0.119 e. The molecule has 1 nitrogen and oxygen atoms in total. The molecule has 1 rings (SSSR count). The Morgan fingerprint density at radius 2 is 2.06 bits per heavy atom. The minimum absolute atomic E-state index is 0.228. The topological polar surface area (TPSA) is 9.23 Å². The number of benzene rings is 1. The molecule has 0 radical (unpaired) electrons. The van der Waals surface area contributed by atoms with Crippen LogP contribution in [-0.4, -0.2) is 11.5 Å². The summed E-state index contributed by atoms with van der Waals surface area (Å²) in [6.45, 7) is 6.20. The van der Waals surface area contributed by atoms with Crippen molar-refractivity contribution in [3.8, 4) is 5.75 Å². The van der Waals surface area contributed by atoms with Gasteiger partial charge in [0.25, 0.3) is 0 Å². The Bertz CT molecular complexity index is 309. The molecule has 1 atom stereocenters. The van der Waals surface area contributed by atoms with Gasteiger partial charge in [-0.3, -0.25) is 0 Å². The van der Waals surface area contributed by atoms with E-state index in [1.165, 1.54) is 5.56 Å². The van der Waals surface area contributed by atoms with Gasteiger partial charge in [-0.15, -0.1) is 11.6 Å². The monoisotopic (exact) mass is 240 g/mol. The zero-order valence-corrected chi connectivity index (χ0v) is 11.1. The highest BCUT2D eigenvalue weighted by molar-refractivity contribution is 6.20. The van der Waals surface area contributed by atoms with Gasteiger partial charge in [-0.05, 0) is 50.8 Å². The first-order valence-electron chi connectivity index (χ1n) is 6.01. The molecular formula is C14H21ClO. The molecule has 1 aromatic rings. The molecule has 2 heteroatoms. The third-order valence-electron chi connectivity index (χ3n) is 2.46. The Morgan fingerprint density at radius 1 is 1.31 bits per heavy atom. The lowest BCUT2D eigenvalue weighted by atomic mass is 10.1. The van der Waals surface area contributed by atoms with Crippen molar-refractivity contribution in [3.63, 3.8) is 0 Å². The van der Waals surface area contributed by atoms with Crippen molar-refractivity contribution in [1.82, 2.24) is 0 Å². The Balaban J connectivity index is 2.53. The fourth-order valence-electron chi connectivity index (χ4n) is 1.57. The molecule has 90 valence electrons. The summed E-state index contributed by atoms with van der Waals surface area (Å²) in [5.74, 6) is 0.954. The van der Waals surface area contributed by atoms with Crippen LogP contribution in [-0.2, 0) is 6.42 Å². The van der Waals surface area contributed by atoms with Crippen LogP contribution in [0.25, 0.3) is 0 Å². The Kier molecular flexibility index (Phi) is 5.68. The second-order valence-electron chi connectivity index (χ2n) is 4.36. The van der Waals surface area contributed by atoms with Gasteiger partial charge in [0, 0.05) is 5.38 Å². The van der Waals surface area contributed by atoms with E-state index >= 15 is 0 Å². The van der Waals surface area contributed by atoms with Crippen molar-refractivity contribution < 1.29 is 4.74 Å². The van der Waals surface area contributed by atoms with E-state index in [0.29, 0.717) is 0 Å². The lowest BCUT2D eigenvalue weighted by Gasteiger charge is -2.11. The molecule has 0 saturated carbocycles. The zero-order valence-electron chi connectivity index (χ0n) is 10.4. The van der Waals surface area contributed by atoms with Gasteiger partial charge in [0.15, 0.2) is 0 Å². The van der Waals surface area contributed by atoms with E-state index in [2.05, 4.69) is 19.1 Å². The molecule has 0 heterocycles. The minimum Gasteiger partial charge on any atom is -0.491 e. The van der Waals surface area contributed by atoms with Crippen molar-refractivity contribution in [2.45, 2.75) is 51.5 Å². The van der Waals surface area contributed by atoms with Crippen LogP contribution in [0.1, 0.15) is 39.2 Å². The molecule has 0 aromatic heterocycles. The molecule has 1 unspecified atom stereocenters. The lowest BCUT2D eigenvalue weighted by Crippen LogP contribution is -2.06. The Labute approximate surface area is 104 Å². The molecular weight excluding hydrogens is 220 g/mol. The van der Waals surface area contributed by atoms with Crippen LogP contribution < -0.4 is 4.74 Å². The van der Waals surface area contributed by atoms with Gasteiger partial charge < -0.3 is 4.74 Å². The largest absolute Gasteiger partial charge is 0.491 e. The molecule has 0 aliphatic carbocycles. The van der Waals surface area contributed by atoms with Gasteiger partial charge in [-0.1, -0.05) is 19.1 Å². The second-order valence-corrected chi connectivity index (χ2v) is 4.98. The number of aryl methyl sites for hydroxylation is 1. The van der Waals surface area contributed by atoms with E-state index in [4.69, 9.17) is 16.3 Å². The van der Waals surface area contributed by atoms with Gasteiger partial charge in [0.1, 0.15) is 5.75 Å². The predicted octanol–water partition coefficient (Wildman–Crippen LogP) is 4.42. The number of hydrogen-bond acceptors (Lipinski definition) is 1. The third kappa shape index (κ3) is 4.89. The molecule has 16 heavy (non-hydrogen) atoms. The fourth-order valence-corrected chi connectivity index (χ4v) is 1.68. The molecule has 1 aromatic carbocycles. The molecule has 0 aliphatic rings. The highest BCUT2D eigenvalue weighted by atomic mass is 35.5. The van der Waals surface area contributed by atoms with E-state index in [0.717, 1.165) is 25.0 Å². The van der Waals surface area contributed by atoms with Gasteiger partial charge >= 0.3 is 0 Å². The minimum atomic E-state index is 0.228. The summed E-state index contributed by atoms with van der Waals surface area (Å²) in [4.78, 5) is 0. The summed E-state index contributed by atoms with van der Waals surface area (Å²) in [5, 5.41) is 0.287. The van der Waals surface area contributed by atoms with Crippen molar-refractivity contribution in [2.75, 3.05) is 0 Å². The average molecular weight is 241 g/mol. The molecule has 0 aliphatic heterocycles. The van der Waals surface area contributed by atoms with E-state index in [-0.39, 0.29) is 11.5 Å². The number of halogens is 1. The van der Waals surface area contributed by atoms with E-state index in [1.807, 2.05) is 26.0 Å². The van der Waals surface area contributed by atoms with Gasteiger partial charge in [-0.2, -0.15) is 0 Å². The highest BCUT2D eigenvalue weighted by Crippen LogP contribution is 2.18. The van der Waals surface area contributed by atoms with Crippen LogP contribution in [0, 0.1) is 0 Å². The number of ether oxygens (including phenoxy) is 1. The summed E-state index contributed by atoms with van der Waals surface area (Å²) in [6.07, 6.45) is 3.32. The van der Waals surface area contributed by atoms with E-state index in [1.54, 1.807) is 0 Å². The fraction of sp³-hybridized carbons (Fsp3) is 0.571. The SMILES string of the molecule is CCC(Cl)CCc1cccc(OC(C)C)c1. The first kappa shape index (κ1) is 13.4. The molecule has 0 N–H and O–H groups in total. The van der Waals surface area contributed by atoms with Gasteiger partial charge in [0.2, 0.25) is 0 Å². The lowest BCUT2D eigenvalue weighted by molar-refractivity contribution is 0.242. The predicted molar refractivity (Wildman–Crippen MR) is 70.5 cm³/mol. The summed E-state index contributed by atoms with van der Waals surface area (Å²) in [7, 11) is 0. The number of alkyl halides is 1. The highest BCUT2D eigenvalue weighted by Gasteiger charge is 2.03. The summed E-state index contributed by atoms with van der Waals surface area (Å²) >= 11 is 6.11. The van der Waals surface area contributed by atoms with Crippen LogP contribution in [0.15, 0.2) is 24.3 Å². The second kappa shape index (κ2) is 6.80. The van der Waals surface area contributed by atoms with Crippen molar-refractivity contribution in [3.05, 3.63) is 29.8 Å². The smallest absolute Gasteiger partial charge is 0.119 e.